The van der Waals surface area contributed by atoms with Crippen LogP contribution in [0.15, 0.2) is 47.3 Å². The molecule has 1 aromatic heterocycles. The number of hydrogen-bond acceptors (Lipinski definition) is 4. The van der Waals surface area contributed by atoms with Crippen LogP contribution in [-0.2, 0) is 11.3 Å². The van der Waals surface area contributed by atoms with Crippen LogP contribution >= 0.6 is 0 Å². The summed E-state index contributed by atoms with van der Waals surface area (Å²) in [6.07, 6.45) is -2.44. The lowest BCUT2D eigenvalue weighted by atomic mass is 10.1. The molecule has 0 aliphatic carbocycles. The van der Waals surface area contributed by atoms with Crippen molar-refractivity contribution in [2.75, 3.05) is 5.73 Å². The summed E-state index contributed by atoms with van der Waals surface area (Å²) in [7, 11) is 0. The van der Waals surface area contributed by atoms with Crippen LogP contribution in [0.4, 0.5) is 18.9 Å². The first-order chi connectivity index (χ1) is 14.2. The number of nitrogens with zero attached hydrogens (tertiary/aromatic N) is 2. The minimum absolute atomic E-state index is 0.0285. The van der Waals surface area contributed by atoms with Gasteiger partial charge in [0, 0.05) is 12.5 Å². The second-order valence-corrected chi connectivity index (χ2v) is 6.99. The average Bonchev–Trinajstić information content (AvgIpc) is 2.95. The number of rotatable bonds is 8. The van der Waals surface area contributed by atoms with Gasteiger partial charge >= 0.3 is 12.1 Å². The summed E-state index contributed by atoms with van der Waals surface area (Å²) in [5.74, 6) is -0.512. The number of aldehydes is 1. The minimum atomic E-state index is -4.87. The molecule has 0 spiro atoms. The van der Waals surface area contributed by atoms with Gasteiger partial charge in [-0.25, -0.2) is 4.79 Å². The number of carbonyl (C=O) groups is 1. The van der Waals surface area contributed by atoms with E-state index in [1.54, 1.807) is 34.9 Å². The molecule has 30 heavy (non-hydrogen) atoms. The molecule has 3 rings (SSSR count). The molecule has 0 saturated heterocycles. The Labute approximate surface area is 170 Å². The summed E-state index contributed by atoms with van der Waals surface area (Å²) in [5.41, 5.74) is 6.84. The van der Waals surface area contributed by atoms with Crippen molar-refractivity contribution in [3.8, 4) is 5.75 Å². The summed E-state index contributed by atoms with van der Waals surface area (Å²) in [4.78, 5) is 24.4. The van der Waals surface area contributed by atoms with Crippen LogP contribution in [0.3, 0.4) is 0 Å². The van der Waals surface area contributed by atoms with Gasteiger partial charge in [-0.1, -0.05) is 31.5 Å². The number of imidazole rings is 1. The van der Waals surface area contributed by atoms with Gasteiger partial charge in [-0.2, -0.15) is 0 Å². The van der Waals surface area contributed by atoms with Gasteiger partial charge in [0.2, 0.25) is 0 Å². The highest BCUT2D eigenvalue weighted by molar-refractivity contribution is 5.76. The number of nitrogen functional groups attached to an aromatic ring is 1. The SMILES string of the molecule is CCCC(CC=O)n1c(=O)n(Cc2ccc(N)c(OC(F)(F)F)c2)c2ccccc21. The van der Waals surface area contributed by atoms with Crippen LogP contribution in [0, 0.1) is 0 Å². The molecular formula is C21H22F3N3O3. The molecule has 9 heteroatoms. The van der Waals surface area contributed by atoms with Crippen molar-refractivity contribution in [1.29, 1.82) is 0 Å². The Bertz CT molecular complexity index is 1100. The second kappa shape index (κ2) is 8.64. The summed E-state index contributed by atoms with van der Waals surface area (Å²) >= 11 is 0. The molecule has 0 amide bonds. The number of para-hydroxylation sites is 2. The summed E-state index contributed by atoms with van der Waals surface area (Å²) in [5, 5.41) is 0. The van der Waals surface area contributed by atoms with E-state index in [-0.39, 0.29) is 30.4 Å². The summed E-state index contributed by atoms with van der Waals surface area (Å²) < 4.78 is 44.9. The third-order valence-corrected chi connectivity index (χ3v) is 4.87. The van der Waals surface area contributed by atoms with Crippen molar-refractivity contribution < 1.29 is 22.7 Å². The predicted molar refractivity (Wildman–Crippen MR) is 107 cm³/mol. The third-order valence-electron chi connectivity index (χ3n) is 4.87. The van der Waals surface area contributed by atoms with Crippen molar-refractivity contribution in [2.45, 2.75) is 45.1 Å². The number of fused-ring (bicyclic) bond motifs is 1. The number of nitrogens with two attached hydrogens (primary N) is 1. The standard InChI is InChI=1S/C21H22F3N3O3/c1-2-5-15(10-11-28)27-18-7-4-3-6-17(18)26(20(27)29)13-14-8-9-16(25)19(12-14)30-21(22,23)24/h3-4,6-9,11-12,15H,2,5,10,13,25H2,1H3. The quantitative estimate of drug-likeness (QED) is 0.435. The zero-order valence-electron chi connectivity index (χ0n) is 16.4. The van der Waals surface area contributed by atoms with E-state index in [9.17, 15) is 22.8 Å². The van der Waals surface area contributed by atoms with Crippen molar-refractivity contribution in [3.63, 3.8) is 0 Å². The molecule has 0 bridgehead atoms. The monoisotopic (exact) mass is 421 g/mol. The van der Waals surface area contributed by atoms with Gasteiger partial charge in [0.1, 0.15) is 6.29 Å². The van der Waals surface area contributed by atoms with E-state index in [1.807, 2.05) is 6.92 Å². The molecule has 2 N–H and O–H groups in total. The Kier molecular flexibility index (Phi) is 6.19. The molecule has 0 fully saturated rings. The number of aromatic nitrogens is 2. The van der Waals surface area contributed by atoms with Gasteiger partial charge < -0.3 is 15.3 Å². The Hall–Kier alpha value is -3.23. The highest BCUT2D eigenvalue weighted by atomic mass is 19.4. The van der Waals surface area contributed by atoms with Crippen molar-refractivity contribution >= 4 is 23.0 Å². The van der Waals surface area contributed by atoms with Crippen LogP contribution < -0.4 is 16.2 Å². The number of halogens is 3. The first kappa shape index (κ1) is 21.5. The number of alkyl halides is 3. The lowest BCUT2D eigenvalue weighted by Gasteiger charge is -2.15. The fraction of sp³-hybridized carbons (Fsp3) is 0.333. The van der Waals surface area contributed by atoms with Gasteiger partial charge in [-0.15, -0.1) is 13.2 Å². The molecule has 1 unspecified atom stereocenters. The summed E-state index contributed by atoms with van der Waals surface area (Å²) in [6, 6.07) is 10.9. The van der Waals surface area contributed by atoms with Crippen LogP contribution in [-0.4, -0.2) is 21.8 Å². The van der Waals surface area contributed by atoms with Gasteiger partial charge in [-0.05, 0) is 36.2 Å². The lowest BCUT2D eigenvalue weighted by Crippen LogP contribution is -2.28. The first-order valence-corrected chi connectivity index (χ1v) is 9.52. The predicted octanol–water partition coefficient (Wildman–Crippen LogP) is 4.26. The van der Waals surface area contributed by atoms with Gasteiger partial charge in [0.15, 0.2) is 5.75 Å². The van der Waals surface area contributed by atoms with Crippen molar-refractivity contribution in [3.05, 3.63) is 58.5 Å². The van der Waals surface area contributed by atoms with E-state index in [2.05, 4.69) is 4.74 Å². The van der Waals surface area contributed by atoms with E-state index in [0.29, 0.717) is 23.0 Å². The van der Waals surface area contributed by atoms with E-state index >= 15 is 0 Å². The maximum atomic E-state index is 13.2. The normalized spacial score (nSPS) is 12.8. The van der Waals surface area contributed by atoms with Crippen molar-refractivity contribution in [2.24, 2.45) is 0 Å². The Morgan fingerprint density at radius 2 is 1.87 bits per heavy atom. The zero-order valence-corrected chi connectivity index (χ0v) is 16.4. The average molecular weight is 421 g/mol. The van der Waals surface area contributed by atoms with E-state index in [4.69, 9.17) is 5.73 Å². The van der Waals surface area contributed by atoms with E-state index in [1.165, 1.54) is 16.7 Å². The van der Waals surface area contributed by atoms with Crippen LogP contribution in [0.1, 0.15) is 37.8 Å². The minimum Gasteiger partial charge on any atom is -0.404 e. The van der Waals surface area contributed by atoms with Gasteiger partial charge in [0.25, 0.3) is 0 Å². The van der Waals surface area contributed by atoms with Crippen LogP contribution in [0.5, 0.6) is 5.75 Å². The molecule has 6 nitrogen and oxygen atoms in total. The Morgan fingerprint density at radius 1 is 1.17 bits per heavy atom. The lowest BCUT2D eigenvalue weighted by molar-refractivity contribution is -0.274. The second-order valence-electron chi connectivity index (χ2n) is 6.99. The first-order valence-electron chi connectivity index (χ1n) is 9.52. The molecule has 0 saturated carbocycles. The fourth-order valence-corrected chi connectivity index (χ4v) is 3.61. The van der Waals surface area contributed by atoms with E-state index in [0.717, 1.165) is 12.7 Å². The highest BCUT2D eigenvalue weighted by Crippen LogP contribution is 2.30. The number of benzene rings is 2. The summed E-state index contributed by atoms with van der Waals surface area (Å²) in [6.45, 7) is 2.00. The molecule has 3 aromatic rings. The van der Waals surface area contributed by atoms with Gasteiger partial charge in [-0.3, -0.25) is 9.13 Å². The van der Waals surface area contributed by atoms with Crippen LogP contribution in [0.2, 0.25) is 0 Å². The van der Waals surface area contributed by atoms with Gasteiger partial charge in [0.05, 0.1) is 23.3 Å². The maximum Gasteiger partial charge on any atom is 0.573 e. The topological polar surface area (TPSA) is 79.2 Å². The zero-order chi connectivity index (χ0) is 21.9. The molecule has 1 heterocycles. The largest absolute Gasteiger partial charge is 0.573 e. The number of ether oxygens (including phenoxy) is 1. The number of anilines is 1. The number of hydrogen-bond donors (Lipinski definition) is 1. The molecule has 0 aliphatic heterocycles. The fourth-order valence-electron chi connectivity index (χ4n) is 3.61. The Balaban J connectivity index is 2.08. The molecular weight excluding hydrogens is 399 g/mol. The van der Waals surface area contributed by atoms with Crippen molar-refractivity contribution in [1.82, 2.24) is 9.13 Å². The highest BCUT2D eigenvalue weighted by Gasteiger charge is 2.32. The molecule has 160 valence electrons. The molecule has 0 radical (unpaired) electrons. The maximum absolute atomic E-state index is 13.2. The van der Waals surface area contributed by atoms with Crippen LogP contribution in [0.25, 0.3) is 11.0 Å². The smallest absolute Gasteiger partial charge is 0.404 e. The molecule has 2 aromatic carbocycles. The number of carbonyl (C=O) groups excluding carboxylic acids is 1. The molecule has 0 aliphatic rings. The Morgan fingerprint density at radius 3 is 2.50 bits per heavy atom. The molecule has 1 atom stereocenters. The van der Waals surface area contributed by atoms with E-state index < -0.39 is 12.1 Å². The third kappa shape index (κ3) is 4.50.